The summed E-state index contributed by atoms with van der Waals surface area (Å²) in [6.07, 6.45) is -0.721. The molecule has 0 saturated heterocycles. The van der Waals surface area contributed by atoms with Crippen molar-refractivity contribution in [3.05, 3.63) is 30.4 Å². The molecule has 0 spiro atoms. The molecule has 1 rings (SSSR count). The van der Waals surface area contributed by atoms with Gasteiger partial charge in [-0.1, -0.05) is 0 Å². The Balaban J connectivity index is 3.13. The molecular weight excluding hydrogens is 381 g/mol. The van der Waals surface area contributed by atoms with E-state index < -0.39 is 32.2 Å². The first-order valence-electron chi connectivity index (χ1n) is 6.97. The average Bonchev–Trinajstić information content (AvgIpc) is 2.43. The molecular formula is C15H20AsNO7. The predicted molar refractivity (Wildman–Crippen MR) is 87.0 cm³/mol. The number of hydrogen-bond acceptors (Lipinski definition) is 5. The van der Waals surface area contributed by atoms with Crippen LogP contribution in [0.5, 0.6) is 5.75 Å². The van der Waals surface area contributed by atoms with Crippen molar-refractivity contribution in [2.45, 2.75) is 26.9 Å². The van der Waals surface area contributed by atoms with Gasteiger partial charge < -0.3 is 0 Å². The van der Waals surface area contributed by atoms with Gasteiger partial charge in [0.05, 0.1) is 0 Å². The van der Waals surface area contributed by atoms with Crippen LogP contribution in [0.1, 0.15) is 20.8 Å². The second kappa shape index (κ2) is 7.70. The van der Waals surface area contributed by atoms with E-state index in [-0.39, 0.29) is 27.9 Å². The van der Waals surface area contributed by atoms with E-state index in [9.17, 15) is 26.6 Å². The first-order valence-corrected chi connectivity index (χ1v) is 10.4. The quantitative estimate of drug-likeness (QED) is 0.343. The van der Waals surface area contributed by atoms with Gasteiger partial charge in [0.15, 0.2) is 0 Å². The van der Waals surface area contributed by atoms with Crippen molar-refractivity contribution in [3.63, 3.8) is 0 Å². The summed E-state index contributed by atoms with van der Waals surface area (Å²) < 4.78 is 34.8. The second-order valence-electron chi connectivity index (χ2n) is 5.34. The number of rotatable bonds is 6. The molecule has 0 radical (unpaired) electrons. The number of anilines is 1. The number of hydrogen-bond donors (Lipinski definition) is 3. The van der Waals surface area contributed by atoms with Crippen LogP contribution in [0.4, 0.5) is 5.69 Å². The number of aromatic hydroxyl groups is 1. The first-order chi connectivity index (χ1) is 10.9. The molecule has 8 nitrogen and oxygen atoms in total. The molecule has 0 aliphatic carbocycles. The van der Waals surface area contributed by atoms with Crippen molar-refractivity contribution in [2.75, 3.05) is 11.4 Å². The third-order valence-corrected chi connectivity index (χ3v) is 5.06. The van der Waals surface area contributed by atoms with Gasteiger partial charge in [0, 0.05) is 0 Å². The summed E-state index contributed by atoms with van der Waals surface area (Å²) in [5, 5.41) is 9.94. The zero-order valence-corrected chi connectivity index (χ0v) is 15.5. The Labute approximate surface area is 142 Å². The normalized spacial score (nSPS) is 12.4. The Kier molecular flexibility index (Phi) is 6.42. The Bertz CT molecular complexity index is 710. The van der Waals surface area contributed by atoms with Gasteiger partial charge in [0.2, 0.25) is 0 Å². The number of amides is 1. The van der Waals surface area contributed by atoms with Crippen LogP contribution >= 0.6 is 0 Å². The third kappa shape index (κ3) is 5.26. The molecule has 0 saturated carbocycles. The minimum atomic E-state index is -5.20. The number of benzene rings is 1. The van der Waals surface area contributed by atoms with Gasteiger partial charge in [0.1, 0.15) is 0 Å². The van der Waals surface area contributed by atoms with Crippen molar-refractivity contribution in [3.8, 4) is 5.75 Å². The summed E-state index contributed by atoms with van der Waals surface area (Å²) in [6.45, 7) is 7.61. The van der Waals surface area contributed by atoms with Gasteiger partial charge in [0.25, 0.3) is 0 Å². The molecule has 1 amide bonds. The van der Waals surface area contributed by atoms with E-state index in [1.807, 2.05) is 0 Å². The molecule has 0 fully saturated rings. The number of phenolic OH excluding ortho intramolecular Hbond substituents is 1. The summed E-state index contributed by atoms with van der Waals surface area (Å²) in [6, 6.07) is 3.26. The summed E-state index contributed by atoms with van der Waals surface area (Å²) in [5.74, 6) is -1.43. The van der Waals surface area contributed by atoms with Gasteiger partial charge >= 0.3 is 142 Å². The summed E-state index contributed by atoms with van der Waals surface area (Å²) in [4.78, 5) is 24.5. The molecule has 0 aliphatic heterocycles. The molecule has 0 heterocycles. The van der Waals surface area contributed by atoms with E-state index in [4.69, 9.17) is 4.74 Å². The molecule has 0 bridgehead atoms. The van der Waals surface area contributed by atoms with Crippen molar-refractivity contribution in [1.29, 1.82) is 0 Å². The third-order valence-electron chi connectivity index (χ3n) is 3.06. The van der Waals surface area contributed by atoms with Gasteiger partial charge in [-0.25, -0.2) is 0 Å². The van der Waals surface area contributed by atoms with Gasteiger partial charge in [-0.05, 0) is 0 Å². The van der Waals surface area contributed by atoms with Crippen LogP contribution in [0.2, 0.25) is 0 Å². The van der Waals surface area contributed by atoms with Gasteiger partial charge in [-0.15, -0.1) is 0 Å². The second-order valence-corrected chi connectivity index (χ2v) is 8.71. The minimum absolute atomic E-state index is 0.0667. The number of ether oxygens (including phenoxy) is 1. The van der Waals surface area contributed by atoms with Crippen LogP contribution in [0.3, 0.4) is 0 Å². The SMILES string of the molecule is C=C(C)C(=O)OC(C)CN(C(C)=O)c1cc([As](=O)(O)O)ccc1O. The maximum absolute atomic E-state index is 11.9. The zero-order valence-electron chi connectivity index (χ0n) is 13.6. The van der Waals surface area contributed by atoms with Crippen molar-refractivity contribution in [2.24, 2.45) is 0 Å². The summed E-state index contributed by atoms with van der Waals surface area (Å²) in [5.41, 5.74) is 0.133. The van der Waals surface area contributed by atoms with E-state index in [1.54, 1.807) is 6.92 Å². The zero-order chi connectivity index (χ0) is 18.7. The molecule has 132 valence electrons. The fraction of sp³-hybridized carbons (Fsp3) is 0.333. The fourth-order valence-corrected chi connectivity index (χ4v) is 3.06. The van der Waals surface area contributed by atoms with E-state index in [0.717, 1.165) is 23.1 Å². The van der Waals surface area contributed by atoms with Crippen LogP contribution in [0.25, 0.3) is 0 Å². The van der Waals surface area contributed by atoms with E-state index in [2.05, 4.69) is 6.58 Å². The van der Waals surface area contributed by atoms with Crippen molar-refractivity contribution < 1.29 is 31.4 Å². The van der Waals surface area contributed by atoms with Crippen molar-refractivity contribution >= 4 is 36.1 Å². The van der Waals surface area contributed by atoms with Crippen LogP contribution in [-0.2, 0) is 18.1 Å². The summed E-state index contributed by atoms with van der Waals surface area (Å²) in [7, 11) is 0. The average molecular weight is 401 g/mol. The van der Waals surface area contributed by atoms with Crippen molar-refractivity contribution in [1.82, 2.24) is 0 Å². The maximum atomic E-state index is 11.9. The van der Waals surface area contributed by atoms with Gasteiger partial charge in [-0.3, -0.25) is 0 Å². The van der Waals surface area contributed by atoms with Gasteiger partial charge in [-0.2, -0.15) is 0 Å². The summed E-state index contributed by atoms with van der Waals surface area (Å²) >= 11 is -5.20. The molecule has 3 N–H and O–H groups in total. The van der Waals surface area contributed by atoms with E-state index in [1.165, 1.54) is 13.8 Å². The van der Waals surface area contributed by atoms with Crippen LogP contribution in [0.15, 0.2) is 30.4 Å². The number of nitrogens with zero attached hydrogens (tertiary/aromatic N) is 1. The molecule has 0 aliphatic rings. The Morgan fingerprint density at radius 3 is 2.38 bits per heavy atom. The molecule has 0 aromatic heterocycles. The molecule has 9 heteroatoms. The number of esters is 1. The van der Waals surface area contributed by atoms with Crippen LogP contribution < -0.4 is 9.25 Å². The standard InChI is InChI=1S/C15H20AsNO7/c1-9(2)15(20)24-10(3)8-17(11(4)18)13-7-12(16(21,22)23)5-6-14(13)19/h5-7,10,19H,1,8H2,2-4H3,(H2,21,22,23). The van der Waals surface area contributed by atoms with Crippen LogP contribution in [0, 0.1) is 0 Å². The molecule has 24 heavy (non-hydrogen) atoms. The Morgan fingerprint density at radius 1 is 1.33 bits per heavy atom. The first kappa shape index (κ1) is 20.0. The van der Waals surface area contributed by atoms with Crippen LogP contribution in [-0.4, -0.2) is 52.0 Å². The predicted octanol–water partition coefficient (Wildman–Crippen LogP) is -0.186. The van der Waals surface area contributed by atoms with E-state index >= 15 is 0 Å². The number of carbonyl (C=O) groups excluding carboxylic acids is 2. The Hall–Kier alpha value is -2.02. The number of carbonyl (C=O) groups is 2. The Morgan fingerprint density at radius 2 is 1.92 bits per heavy atom. The fourth-order valence-electron chi connectivity index (χ4n) is 1.88. The molecule has 1 aromatic rings. The molecule has 1 atom stereocenters. The molecule has 1 unspecified atom stereocenters. The van der Waals surface area contributed by atoms with E-state index in [0.29, 0.717) is 0 Å². The molecule has 1 aromatic carbocycles. The number of phenols is 1. The monoisotopic (exact) mass is 401 g/mol. The topological polar surface area (TPSA) is 124 Å².